The summed E-state index contributed by atoms with van der Waals surface area (Å²) in [5, 5.41) is 2.37. The van der Waals surface area contributed by atoms with Gasteiger partial charge in [-0.25, -0.2) is 12.7 Å². The Balaban J connectivity index is 2.43. The lowest BCUT2D eigenvalue weighted by Crippen LogP contribution is -2.23. The number of halogens is 3. The van der Waals surface area contributed by atoms with E-state index in [4.69, 9.17) is 0 Å². The predicted octanol–water partition coefficient (Wildman–Crippen LogP) is 3.52. The second kappa shape index (κ2) is 7.08. The molecule has 2 rings (SSSR count). The van der Waals surface area contributed by atoms with Crippen LogP contribution < -0.4 is 5.32 Å². The van der Waals surface area contributed by atoms with Crippen molar-refractivity contribution in [1.29, 1.82) is 0 Å². The van der Waals surface area contributed by atoms with Crippen LogP contribution in [0.15, 0.2) is 47.4 Å². The van der Waals surface area contributed by atoms with Crippen LogP contribution in [0.5, 0.6) is 0 Å². The number of alkyl halides is 3. The summed E-state index contributed by atoms with van der Waals surface area (Å²) in [6, 6.07) is 8.45. The Morgan fingerprint density at radius 3 is 2.27 bits per heavy atom. The second-order valence-corrected chi connectivity index (χ2v) is 7.91. The summed E-state index contributed by atoms with van der Waals surface area (Å²) >= 11 is 0. The van der Waals surface area contributed by atoms with Gasteiger partial charge in [0.2, 0.25) is 10.0 Å². The molecule has 0 atom stereocenters. The number of carbonyl (C=O) groups is 1. The molecule has 0 unspecified atom stereocenters. The summed E-state index contributed by atoms with van der Waals surface area (Å²) in [6.07, 6.45) is -4.68. The van der Waals surface area contributed by atoms with Gasteiger partial charge in [-0.3, -0.25) is 4.79 Å². The maximum absolute atomic E-state index is 13.1. The molecule has 0 heterocycles. The van der Waals surface area contributed by atoms with Gasteiger partial charge in [-0.15, -0.1) is 0 Å². The smallest absolute Gasteiger partial charge is 0.322 e. The SMILES string of the molecule is Cc1ccc(S(=O)(=O)N(C)C)cc1NC(=O)c1ccccc1C(F)(F)F. The summed E-state index contributed by atoms with van der Waals surface area (Å²) in [5.41, 5.74) is -0.970. The van der Waals surface area contributed by atoms with Crippen molar-refractivity contribution < 1.29 is 26.4 Å². The molecule has 1 N–H and O–H groups in total. The number of hydrogen-bond donors (Lipinski definition) is 1. The maximum Gasteiger partial charge on any atom is 0.417 e. The summed E-state index contributed by atoms with van der Waals surface area (Å²) in [7, 11) is -1.04. The molecule has 140 valence electrons. The molecule has 5 nitrogen and oxygen atoms in total. The van der Waals surface area contributed by atoms with Crippen LogP contribution >= 0.6 is 0 Å². The van der Waals surface area contributed by atoms with Crippen LogP contribution in [0.1, 0.15) is 21.5 Å². The van der Waals surface area contributed by atoms with E-state index in [1.54, 1.807) is 6.92 Å². The van der Waals surface area contributed by atoms with Crippen molar-refractivity contribution in [3.8, 4) is 0 Å². The van der Waals surface area contributed by atoms with Crippen LogP contribution in [0.2, 0.25) is 0 Å². The maximum atomic E-state index is 13.1. The topological polar surface area (TPSA) is 66.5 Å². The Labute approximate surface area is 149 Å². The molecule has 0 aromatic heterocycles. The van der Waals surface area contributed by atoms with E-state index >= 15 is 0 Å². The Bertz CT molecular complexity index is 939. The van der Waals surface area contributed by atoms with Gasteiger partial charge >= 0.3 is 6.18 Å². The third-order valence-electron chi connectivity index (χ3n) is 3.71. The highest BCUT2D eigenvalue weighted by molar-refractivity contribution is 7.89. The quantitative estimate of drug-likeness (QED) is 0.874. The van der Waals surface area contributed by atoms with E-state index in [0.29, 0.717) is 5.56 Å². The highest BCUT2D eigenvalue weighted by atomic mass is 32.2. The molecule has 0 fully saturated rings. The first-order valence-electron chi connectivity index (χ1n) is 7.45. The Kier molecular flexibility index (Phi) is 5.43. The predicted molar refractivity (Wildman–Crippen MR) is 91.4 cm³/mol. The number of nitrogens with one attached hydrogen (secondary N) is 1. The van der Waals surface area contributed by atoms with E-state index in [9.17, 15) is 26.4 Å². The number of aryl methyl sites for hydroxylation is 1. The number of nitrogens with zero attached hydrogens (tertiary/aromatic N) is 1. The minimum Gasteiger partial charge on any atom is -0.322 e. The molecule has 2 aromatic carbocycles. The minimum absolute atomic E-state index is 0.0764. The highest BCUT2D eigenvalue weighted by Crippen LogP contribution is 2.32. The number of rotatable bonds is 4. The molecule has 0 aliphatic carbocycles. The number of hydrogen-bond acceptors (Lipinski definition) is 3. The monoisotopic (exact) mass is 386 g/mol. The fraction of sp³-hybridized carbons (Fsp3) is 0.235. The normalized spacial score (nSPS) is 12.3. The van der Waals surface area contributed by atoms with Gasteiger partial charge in [0.1, 0.15) is 0 Å². The molecule has 2 aromatic rings. The largest absolute Gasteiger partial charge is 0.417 e. The molecule has 0 saturated carbocycles. The summed E-state index contributed by atoms with van der Waals surface area (Å²) in [6.45, 7) is 1.61. The van der Waals surface area contributed by atoms with Crippen molar-refractivity contribution in [2.24, 2.45) is 0 Å². The zero-order valence-electron chi connectivity index (χ0n) is 14.3. The van der Waals surface area contributed by atoms with E-state index in [0.717, 1.165) is 16.4 Å². The molecular formula is C17H17F3N2O3S. The molecule has 0 spiro atoms. The van der Waals surface area contributed by atoms with E-state index in [1.807, 2.05) is 0 Å². The van der Waals surface area contributed by atoms with Crippen molar-refractivity contribution in [2.45, 2.75) is 18.0 Å². The average molecular weight is 386 g/mol. The average Bonchev–Trinajstić information content (AvgIpc) is 2.55. The molecular weight excluding hydrogens is 369 g/mol. The molecule has 26 heavy (non-hydrogen) atoms. The van der Waals surface area contributed by atoms with Crippen molar-refractivity contribution in [1.82, 2.24) is 4.31 Å². The van der Waals surface area contributed by atoms with Crippen LogP contribution in [0.4, 0.5) is 18.9 Å². The van der Waals surface area contributed by atoms with Crippen molar-refractivity contribution in [3.63, 3.8) is 0 Å². The van der Waals surface area contributed by atoms with Crippen molar-refractivity contribution in [2.75, 3.05) is 19.4 Å². The van der Waals surface area contributed by atoms with Crippen LogP contribution in [0.25, 0.3) is 0 Å². The standard InChI is InChI=1S/C17H17F3N2O3S/c1-11-8-9-12(26(24,25)22(2)3)10-15(11)21-16(23)13-6-4-5-7-14(13)17(18,19)20/h4-10H,1-3H3,(H,21,23). The van der Waals surface area contributed by atoms with Crippen LogP contribution in [-0.2, 0) is 16.2 Å². The zero-order chi connectivity index (χ0) is 19.7. The zero-order valence-corrected chi connectivity index (χ0v) is 15.1. The molecule has 0 aliphatic heterocycles. The van der Waals surface area contributed by atoms with Gasteiger partial charge in [0.05, 0.1) is 16.0 Å². The highest BCUT2D eigenvalue weighted by Gasteiger charge is 2.35. The molecule has 0 bridgehead atoms. The molecule has 9 heteroatoms. The van der Waals surface area contributed by atoms with Crippen LogP contribution in [-0.4, -0.2) is 32.7 Å². The lowest BCUT2D eigenvalue weighted by Gasteiger charge is -2.16. The summed E-state index contributed by atoms with van der Waals surface area (Å²) in [5.74, 6) is -0.972. The number of benzene rings is 2. The van der Waals surface area contributed by atoms with Gasteiger partial charge in [-0.05, 0) is 36.8 Å². The van der Waals surface area contributed by atoms with Crippen molar-refractivity contribution in [3.05, 3.63) is 59.2 Å². The van der Waals surface area contributed by atoms with Gasteiger partial charge < -0.3 is 5.32 Å². The number of anilines is 1. The first-order chi connectivity index (χ1) is 11.9. The lowest BCUT2D eigenvalue weighted by molar-refractivity contribution is -0.137. The van der Waals surface area contributed by atoms with E-state index in [1.165, 1.54) is 44.4 Å². The van der Waals surface area contributed by atoms with Gasteiger partial charge in [-0.2, -0.15) is 13.2 Å². The molecule has 0 aliphatic rings. The second-order valence-electron chi connectivity index (χ2n) is 5.76. The lowest BCUT2D eigenvalue weighted by atomic mass is 10.1. The Hall–Kier alpha value is -2.39. The van der Waals surface area contributed by atoms with E-state index in [-0.39, 0.29) is 10.6 Å². The minimum atomic E-state index is -4.68. The summed E-state index contributed by atoms with van der Waals surface area (Å²) < 4.78 is 64.6. The van der Waals surface area contributed by atoms with Gasteiger partial charge in [0, 0.05) is 19.8 Å². The number of sulfonamides is 1. The number of amides is 1. The fourth-order valence-corrected chi connectivity index (χ4v) is 3.15. The molecule has 1 amide bonds. The first kappa shape index (κ1) is 19.9. The number of carbonyl (C=O) groups excluding carboxylic acids is 1. The van der Waals surface area contributed by atoms with E-state index < -0.39 is 33.2 Å². The van der Waals surface area contributed by atoms with Crippen molar-refractivity contribution >= 4 is 21.6 Å². The third-order valence-corrected chi connectivity index (χ3v) is 5.52. The third kappa shape index (κ3) is 4.05. The van der Waals surface area contributed by atoms with Gasteiger partial charge in [0.15, 0.2) is 0 Å². The fourth-order valence-electron chi connectivity index (χ4n) is 2.23. The first-order valence-corrected chi connectivity index (χ1v) is 8.89. The molecule has 0 saturated heterocycles. The Morgan fingerprint density at radius 2 is 1.69 bits per heavy atom. The van der Waals surface area contributed by atoms with Crippen LogP contribution in [0.3, 0.4) is 0 Å². The van der Waals surface area contributed by atoms with Crippen LogP contribution in [0, 0.1) is 6.92 Å². The van der Waals surface area contributed by atoms with Gasteiger partial charge in [0.25, 0.3) is 5.91 Å². The summed E-state index contributed by atoms with van der Waals surface area (Å²) in [4.78, 5) is 12.3. The Morgan fingerprint density at radius 1 is 1.08 bits per heavy atom. The van der Waals surface area contributed by atoms with E-state index in [2.05, 4.69) is 5.32 Å². The van der Waals surface area contributed by atoms with Gasteiger partial charge in [-0.1, -0.05) is 18.2 Å². The molecule has 0 radical (unpaired) electrons.